The fourth-order valence-electron chi connectivity index (χ4n) is 2.41. The zero-order chi connectivity index (χ0) is 14.7. The van der Waals surface area contributed by atoms with Crippen LogP contribution in [0.25, 0.3) is 0 Å². The molecule has 2 aliphatic rings. The van der Waals surface area contributed by atoms with Gasteiger partial charge in [-0.05, 0) is 18.8 Å². The molecule has 3 N–H and O–H groups in total. The summed E-state index contributed by atoms with van der Waals surface area (Å²) in [6.45, 7) is 0.767. The highest BCUT2D eigenvalue weighted by molar-refractivity contribution is 5.91. The number of carbonyl (C=O) groups excluding carboxylic acids is 2. The van der Waals surface area contributed by atoms with E-state index in [1.807, 2.05) is 0 Å². The number of carboxylic acid groups (broad SMARTS) is 1. The zero-order valence-corrected chi connectivity index (χ0v) is 11.2. The lowest BCUT2D eigenvalue weighted by atomic mass is 10.1. The number of amides is 2. The minimum atomic E-state index is -1.17. The molecule has 0 spiro atoms. The zero-order valence-electron chi connectivity index (χ0n) is 11.2. The number of carboxylic acids is 1. The van der Waals surface area contributed by atoms with Crippen LogP contribution in [0.1, 0.15) is 25.7 Å². The van der Waals surface area contributed by atoms with Crippen LogP contribution in [0, 0.1) is 11.8 Å². The first kappa shape index (κ1) is 14.8. The second-order valence-electron chi connectivity index (χ2n) is 5.55. The first-order valence-electron chi connectivity index (χ1n) is 6.93. The Labute approximate surface area is 116 Å². The third kappa shape index (κ3) is 3.69. The van der Waals surface area contributed by atoms with Crippen molar-refractivity contribution in [3.05, 3.63) is 0 Å². The molecule has 1 aliphatic carbocycles. The smallest absolute Gasteiger partial charge is 0.326 e. The number of nitrogens with zero attached hydrogens (tertiary/aromatic N) is 1. The second-order valence-corrected chi connectivity index (χ2v) is 5.55. The SMILES string of the molecule is O=C(N[C@@H](CCO)C(=O)O)C1CC(=O)N(CC2CC2)C1. The third-order valence-corrected chi connectivity index (χ3v) is 3.79. The van der Waals surface area contributed by atoms with Crippen molar-refractivity contribution in [2.45, 2.75) is 31.7 Å². The van der Waals surface area contributed by atoms with Crippen LogP contribution in [0.4, 0.5) is 0 Å². The Bertz CT molecular complexity index is 408. The molecule has 0 aromatic rings. The molecular formula is C13H20N2O5. The first-order valence-corrected chi connectivity index (χ1v) is 6.93. The number of aliphatic hydroxyl groups excluding tert-OH is 1. The van der Waals surface area contributed by atoms with E-state index in [0.717, 1.165) is 12.8 Å². The maximum absolute atomic E-state index is 12.0. The molecule has 1 saturated heterocycles. The molecule has 1 aliphatic heterocycles. The quantitative estimate of drug-likeness (QED) is 0.567. The van der Waals surface area contributed by atoms with E-state index in [1.54, 1.807) is 4.90 Å². The van der Waals surface area contributed by atoms with Gasteiger partial charge < -0.3 is 20.4 Å². The van der Waals surface area contributed by atoms with Gasteiger partial charge in [0.25, 0.3) is 0 Å². The molecule has 2 amide bonds. The monoisotopic (exact) mass is 284 g/mol. The van der Waals surface area contributed by atoms with Gasteiger partial charge >= 0.3 is 5.97 Å². The van der Waals surface area contributed by atoms with Crippen molar-refractivity contribution < 1.29 is 24.6 Å². The molecule has 2 rings (SSSR count). The van der Waals surface area contributed by atoms with Gasteiger partial charge in [0, 0.05) is 32.5 Å². The Balaban J connectivity index is 1.85. The molecule has 0 aromatic heterocycles. The molecule has 0 bridgehead atoms. The van der Waals surface area contributed by atoms with E-state index < -0.39 is 23.8 Å². The molecule has 1 heterocycles. The summed E-state index contributed by atoms with van der Waals surface area (Å²) in [4.78, 5) is 36.4. The van der Waals surface area contributed by atoms with E-state index in [4.69, 9.17) is 10.2 Å². The predicted molar refractivity (Wildman–Crippen MR) is 68.7 cm³/mol. The number of likely N-dealkylation sites (tertiary alicyclic amines) is 1. The normalized spacial score (nSPS) is 23.8. The molecule has 2 atom stereocenters. The van der Waals surface area contributed by atoms with Gasteiger partial charge in [0.05, 0.1) is 5.92 Å². The number of hydrogen-bond donors (Lipinski definition) is 3. The van der Waals surface area contributed by atoms with Crippen LogP contribution in [0.15, 0.2) is 0 Å². The van der Waals surface area contributed by atoms with Gasteiger partial charge in [-0.1, -0.05) is 0 Å². The van der Waals surface area contributed by atoms with E-state index in [2.05, 4.69) is 5.32 Å². The van der Waals surface area contributed by atoms with E-state index >= 15 is 0 Å². The molecule has 7 heteroatoms. The van der Waals surface area contributed by atoms with Crippen LogP contribution in [-0.4, -0.2) is 58.6 Å². The number of aliphatic carboxylic acids is 1. The number of hydrogen-bond acceptors (Lipinski definition) is 4. The summed E-state index contributed by atoms with van der Waals surface area (Å²) in [5.74, 6) is -1.54. The highest BCUT2D eigenvalue weighted by atomic mass is 16.4. The van der Waals surface area contributed by atoms with E-state index in [9.17, 15) is 14.4 Å². The van der Waals surface area contributed by atoms with Crippen molar-refractivity contribution in [1.29, 1.82) is 0 Å². The first-order chi connectivity index (χ1) is 9.51. The van der Waals surface area contributed by atoms with Crippen molar-refractivity contribution >= 4 is 17.8 Å². The molecule has 1 unspecified atom stereocenters. The number of aliphatic hydroxyl groups is 1. The van der Waals surface area contributed by atoms with Crippen LogP contribution < -0.4 is 5.32 Å². The summed E-state index contributed by atoms with van der Waals surface area (Å²) in [5, 5.41) is 20.1. The summed E-state index contributed by atoms with van der Waals surface area (Å²) >= 11 is 0. The van der Waals surface area contributed by atoms with Crippen LogP contribution in [0.5, 0.6) is 0 Å². The fraction of sp³-hybridized carbons (Fsp3) is 0.769. The van der Waals surface area contributed by atoms with Crippen molar-refractivity contribution in [1.82, 2.24) is 10.2 Å². The molecule has 0 radical (unpaired) electrons. The Morgan fingerprint density at radius 2 is 2.10 bits per heavy atom. The van der Waals surface area contributed by atoms with Crippen LogP contribution in [0.2, 0.25) is 0 Å². The Kier molecular flexibility index (Phi) is 4.59. The predicted octanol–water partition coefficient (Wildman–Crippen LogP) is -0.803. The topological polar surface area (TPSA) is 107 Å². The molecular weight excluding hydrogens is 264 g/mol. The van der Waals surface area contributed by atoms with Crippen LogP contribution in [-0.2, 0) is 14.4 Å². The molecule has 0 aromatic carbocycles. The molecule has 112 valence electrons. The van der Waals surface area contributed by atoms with Gasteiger partial charge in [0.2, 0.25) is 11.8 Å². The Hall–Kier alpha value is -1.63. The number of nitrogens with one attached hydrogen (secondary N) is 1. The van der Waals surface area contributed by atoms with Gasteiger partial charge in [-0.15, -0.1) is 0 Å². The van der Waals surface area contributed by atoms with E-state index in [-0.39, 0.29) is 25.4 Å². The molecule has 7 nitrogen and oxygen atoms in total. The lowest BCUT2D eigenvalue weighted by Crippen LogP contribution is -2.44. The van der Waals surface area contributed by atoms with E-state index in [1.165, 1.54) is 0 Å². The standard InChI is InChI=1S/C13H20N2O5/c16-4-3-10(13(19)20)14-12(18)9-5-11(17)15(7-9)6-8-1-2-8/h8-10,16H,1-7H2,(H,14,18)(H,19,20)/t9?,10-/m0/s1. The maximum atomic E-state index is 12.0. The van der Waals surface area contributed by atoms with E-state index in [0.29, 0.717) is 19.0 Å². The number of rotatable bonds is 7. The third-order valence-electron chi connectivity index (χ3n) is 3.79. The minimum Gasteiger partial charge on any atom is -0.480 e. The van der Waals surface area contributed by atoms with Crippen molar-refractivity contribution in [2.24, 2.45) is 11.8 Å². The number of carbonyl (C=O) groups is 3. The lowest BCUT2D eigenvalue weighted by Gasteiger charge is -2.18. The summed E-state index contributed by atoms with van der Waals surface area (Å²) < 4.78 is 0. The van der Waals surface area contributed by atoms with Gasteiger partial charge in [-0.25, -0.2) is 4.79 Å². The molecule has 2 fully saturated rings. The molecule has 1 saturated carbocycles. The average molecular weight is 284 g/mol. The van der Waals surface area contributed by atoms with Crippen molar-refractivity contribution in [2.75, 3.05) is 19.7 Å². The van der Waals surface area contributed by atoms with Gasteiger partial charge in [-0.2, -0.15) is 0 Å². The van der Waals surface area contributed by atoms with Crippen LogP contribution >= 0.6 is 0 Å². The van der Waals surface area contributed by atoms with Gasteiger partial charge in [0.15, 0.2) is 0 Å². The Morgan fingerprint density at radius 1 is 1.40 bits per heavy atom. The highest BCUT2D eigenvalue weighted by Gasteiger charge is 2.38. The largest absolute Gasteiger partial charge is 0.480 e. The maximum Gasteiger partial charge on any atom is 0.326 e. The summed E-state index contributed by atoms with van der Waals surface area (Å²) in [6, 6.07) is -1.10. The highest BCUT2D eigenvalue weighted by Crippen LogP contribution is 2.32. The summed E-state index contributed by atoms with van der Waals surface area (Å²) in [6.07, 6.45) is 2.38. The average Bonchev–Trinajstić information content (AvgIpc) is 3.12. The fourth-order valence-corrected chi connectivity index (χ4v) is 2.41. The van der Waals surface area contributed by atoms with Crippen molar-refractivity contribution in [3.8, 4) is 0 Å². The molecule has 20 heavy (non-hydrogen) atoms. The van der Waals surface area contributed by atoms with Gasteiger partial charge in [0.1, 0.15) is 6.04 Å². The second kappa shape index (κ2) is 6.21. The lowest BCUT2D eigenvalue weighted by molar-refractivity contribution is -0.142. The summed E-state index contributed by atoms with van der Waals surface area (Å²) in [7, 11) is 0. The van der Waals surface area contributed by atoms with Crippen molar-refractivity contribution in [3.63, 3.8) is 0 Å². The van der Waals surface area contributed by atoms with Crippen LogP contribution in [0.3, 0.4) is 0 Å². The minimum absolute atomic E-state index is 0.0342. The summed E-state index contributed by atoms with van der Waals surface area (Å²) in [5.41, 5.74) is 0. The van der Waals surface area contributed by atoms with Gasteiger partial charge in [-0.3, -0.25) is 9.59 Å². The Morgan fingerprint density at radius 3 is 2.65 bits per heavy atom.